The maximum atomic E-state index is 12.8. The van der Waals surface area contributed by atoms with E-state index >= 15 is 0 Å². The van der Waals surface area contributed by atoms with Gasteiger partial charge in [-0.1, -0.05) is 78.5 Å². The molecule has 1 saturated heterocycles. The predicted molar refractivity (Wildman–Crippen MR) is 140 cm³/mol. The first-order chi connectivity index (χ1) is 16.5. The summed E-state index contributed by atoms with van der Waals surface area (Å²) in [5.41, 5.74) is 6.00. The average molecular weight is 487 g/mol. The van der Waals surface area contributed by atoms with Crippen LogP contribution in [-0.2, 0) is 11.4 Å². The van der Waals surface area contributed by atoms with E-state index in [4.69, 9.17) is 17.0 Å². The minimum atomic E-state index is -0.427. The third kappa shape index (κ3) is 6.01. The van der Waals surface area contributed by atoms with Gasteiger partial charge in [-0.05, 0) is 66.2 Å². The normalized spacial score (nSPS) is 15.0. The van der Waals surface area contributed by atoms with Crippen molar-refractivity contribution in [2.45, 2.75) is 13.5 Å². The molecule has 5 nitrogen and oxygen atoms in total. The molecule has 3 aromatic carbocycles. The molecule has 170 valence electrons. The average Bonchev–Trinajstić information content (AvgIpc) is 3.11. The van der Waals surface area contributed by atoms with Gasteiger partial charge in [0.05, 0.1) is 4.91 Å². The Morgan fingerprint density at radius 2 is 1.65 bits per heavy atom. The number of carbonyl (C=O) groups is 2. The number of amides is 2. The summed E-state index contributed by atoms with van der Waals surface area (Å²) in [5.74, 6) is -0.134. The number of allylic oxidation sites excluding steroid dienone is 2. The highest BCUT2D eigenvalue weighted by molar-refractivity contribution is 8.26. The Hall–Kier alpha value is -3.68. The predicted octanol–water partition coefficient (Wildman–Crippen LogP) is 5.76. The maximum absolute atomic E-state index is 12.8. The lowest BCUT2D eigenvalue weighted by atomic mass is 10.1. The lowest BCUT2D eigenvalue weighted by Gasteiger charge is -2.15. The molecule has 1 aliphatic rings. The van der Waals surface area contributed by atoms with E-state index in [0.717, 1.165) is 33.5 Å². The molecule has 0 aromatic heterocycles. The van der Waals surface area contributed by atoms with Crippen LogP contribution in [0.4, 0.5) is 0 Å². The van der Waals surface area contributed by atoms with Crippen molar-refractivity contribution in [1.82, 2.24) is 10.4 Å². The SMILES string of the molecule is CC(=Cc1ccccc1)C=C1SC(=S)N(NC(=O)c2ccc(OCc3ccccc3)cc2)C1=O. The van der Waals surface area contributed by atoms with E-state index in [-0.39, 0.29) is 10.2 Å². The second-order valence-corrected chi connectivity index (χ2v) is 9.23. The summed E-state index contributed by atoms with van der Waals surface area (Å²) in [7, 11) is 0. The molecule has 1 heterocycles. The number of thioether (sulfide) groups is 1. The number of nitrogens with one attached hydrogen (secondary N) is 1. The molecule has 34 heavy (non-hydrogen) atoms. The highest BCUT2D eigenvalue weighted by Crippen LogP contribution is 2.31. The standard InChI is InChI=1S/C27H22N2O3S2/c1-19(16-20-8-4-2-5-9-20)17-24-26(31)29(27(33)34-24)28-25(30)22-12-14-23(15-13-22)32-18-21-10-6-3-7-11-21/h2-17H,18H2,1H3,(H,28,30). The first-order valence-corrected chi connectivity index (χ1v) is 11.8. The van der Waals surface area contributed by atoms with Crippen molar-refractivity contribution in [3.63, 3.8) is 0 Å². The highest BCUT2D eigenvalue weighted by Gasteiger charge is 2.33. The molecule has 0 atom stereocenters. The van der Waals surface area contributed by atoms with E-state index in [1.807, 2.05) is 73.7 Å². The number of hydrazine groups is 1. The van der Waals surface area contributed by atoms with Crippen molar-refractivity contribution < 1.29 is 14.3 Å². The highest BCUT2D eigenvalue weighted by atomic mass is 32.2. The topological polar surface area (TPSA) is 58.6 Å². The molecule has 0 aliphatic carbocycles. The lowest BCUT2D eigenvalue weighted by molar-refractivity contribution is -0.123. The first kappa shape index (κ1) is 23.5. The number of ether oxygens (including phenoxy) is 1. The Kier molecular flexibility index (Phi) is 7.57. The molecule has 0 radical (unpaired) electrons. The molecule has 0 bridgehead atoms. The van der Waals surface area contributed by atoms with Gasteiger partial charge in [0.1, 0.15) is 12.4 Å². The first-order valence-electron chi connectivity index (χ1n) is 10.6. The van der Waals surface area contributed by atoms with Gasteiger partial charge < -0.3 is 4.74 Å². The van der Waals surface area contributed by atoms with Crippen LogP contribution in [0.3, 0.4) is 0 Å². The van der Waals surface area contributed by atoms with Crippen LogP contribution in [0.25, 0.3) is 6.08 Å². The number of thiocarbonyl (C=S) groups is 1. The van der Waals surface area contributed by atoms with E-state index in [9.17, 15) is 9.59 Å². The maximum Gasteiger partial charge on any atom is 0.285 e. The minimum Gasteiger partial charge on any atom is -0.489 e. The van der Waals surface area contributed by atoms with Crippen molar-refractivity contribution >= 4 is 46.2 Å². The number of hydrogen-bond donors (Lipinski definition) is 1. The molecule has 4 rings (SSSR count). The van der Waals surface area contributed by atoms with E-state index in [2.05, 4.69) is 5.43 Å². The lowest BCUT2D eigenvalue weighted by Crippen LogP contribution is -2.44. The second kappa shape index (κ2) is 11.0. The fourth-order valence-corrected chi connectivity index (χ4v) is 4.46. The molecule has 3 aromatic rings. The van der Waals surface area contributed by atoms with Crippen molar-refractivity contribution in [3.8, 4) is 5.75 Å². The van der Waals surface area contributed by atoms with Gasteiger partial charge in [0, 0.05) is 5.56 Å². The van der Waals surface area contributed by atoms with Crippen LogP contribution >= 0.6 is 24.0 Å². The summed E-state index contributed by atoms with van der Waals surface area (Å²) in [6, 6.07) is 26.4. The zero-order chi connectivity index (χ0) is 23.9. The van der Waals surface area contributed by atoms with E-state index in [1.54, 1.807) is 30.3 Å². The van der Waals surface area contributed by atoms with Crippen molar-refractivity contribution in [3.05, 3.63) is 118 Å². The van der Waals surface area contributed by atoms with Crippen LogP contribution < -0.4 is 10.2 Å². The third-order valence-electron chi connectivity index (χ3n) is 4.92. The molecule has 1 aliphatic heterocycles. The van der Waals surface area contributed by atoms with E-state index in [1.165, 1.54) is 0 Å². The van der Waals surface area contributed by atoms with Gasteiger partial charge in [-0.15, -0.1) is 0 Å². The van der Waals surface area contributed by atoms with Gasteiger partial charge in [0.2, 0.25) is 0 Å². The number of hydrogen-bond acceptors (Lipinski definition) is 5. The summed E-state index contributed by atoms with van der Waals surface area (Å²) in [6.45, 7) is 2.35. The second-order valence-electron chi connectivity index (χ2n) is 7.56. The Morgan fingerprint density at radius 3 is 2.32 bits per heavy atom. The van der Waals surface area contributed by atoms with Gasteiger partial charge >= 0.3 is 0 Å². The zero-order valence-electron chi connectivity index (χ0n) is 18.4. The Bertz CT molecular complexity index is 1250. The number of nitrogens with zero attached hydrogens (tertiary/aromatic N) is 1. The van der Waals surface area contributed by atoms with Gasteiger partial charge in [0.25, 0.3) is 11.8 Å². The third-order valence-corrected chi connectivity index (χ3v) is 6.23. The monoisotopic (exact) mass is 486 g/mol. The Balaban J connectivity index is 1.37. The van der Waals surface area contributed by atoms with Crippen LogP contribution in [0, 0.1) is 0 Å². The van der Waals surface area contributed by atoms with Crippen LogP contribution in [0.15, 0.2) is 101 Å². The van der Waals surface area contributed by atoms with Gasteiger partial charge in [0.15, 0.2) is 4.32 Å². The van der Waals surface area contributed by atoms with Gasteiger partial charge in [-0.3, -0.25) is 15.0 Å². The van der Waals surface area contributed by atoms with Gasteiger partial charge in [-0.2, -0.15) is 5.01 Å². The summed E-state index contributed by atoms with van der Waals surface area (Å²) >= 11 is 6.48. The molecule has 0 unspecified atom stereocenters. The number of rotatable bonds is 7. The number of benzene rings is 3. The molecule has 1 N–H and O–H groups in total. The molecule has 0 saturated carbocycles. The van der Waals surface area contributed by atoms with Crippen LogP contribution in [0.5, 0.6) is 5.75 Å². The largest absolute Gasteiger partial charge is 0.489 e. The fraction of sp³-hybridized carbons (Fsp3) is 0.0741. The molecule has 1 fully saturated rings. The van der Waals surface area contributed by atoms with E-state index < -0.39 is 5.91 Å². The van der Waals surface area contributed by atoms with E-state index in [0.29, 0.717) is 22.8 Å². The number of carbonyl (C=O) groups excluding carboxylic acids is 2. The van der Waals surface area contributed by atoms with Gasteiger partial charge in [-0.25, -0.2) is 0 Å². The summed E-state index contributed by atoms with van der Waals surface area (Å²) < 4.78 is 6.03. The molecule has 0 spiro atoms. The summed E-state index contributed by atoms with van der Waals surface area (Å²) in [6.07, 6.45) is 3.75. The Labute approximate surface area is 208 Å². The van der Waals surface area contributed by atoms with Crippen molar-refractivity contribution in [2.24, 2.45) is 0 Å². The molecule has 2 amide bonds. The Morgan fingerprint density at radius 1 is 1.00 bits per heavy atom. The minimum absolute atomic E-state index is 0.278. The van der Waals surface area contributed by atoms with Crippen LogP contribution in [-0.4, -0.2) is 21.1 Å². The molecule has 7 heteroatoms. The smallest absolute Gasteiger partial charge is 0.285 e. The quantitative estimate of drug-likeness (QED) is 0.340. The molecular weight excluding hydrogens is 464 g/mol. The van der Waals surface area contributed by atoms with Crippen molar-refractivity contribution in [1.29, 1.82) is 0 Å². The zero-order valence-corrected chi connectivity index (χ0v) is 20.1. The van der Waals surface area contributed by atoms with Crippen LogP contribution in [0.2, 0.25) is 0 Å². The van der Waals surface area contributed by atoms with Crippen LogP contribution in [0.1, 0.15) is 28.4 Å². The summed E-state index contributed by atoms with van der Waals surface area (Å²) in [5, 5.41) is 1.11. The summed E-state index contributed by atoms with van der Waals surface area (Å²) in [4.78, 5) is 26.0. The molecular formula is C27H22N2O3S2. The fourth-order valence-electron chi connectivity index (χ4n) is 3.23. The van der Waals surface area contributed by atoms with Crippen molar-refractivity contribution in [2.75, 3.05) is 0 Å².